The first kappa shape index (κ1) is 17.7. The van der Waals surface area contributed by atoms with Crippen LogP contribution in [0.15, 0.2) is 0 Å². The molecule has 1 aliphatic carbocycles. The first-order chi connectivity index (χ1) is 9.16. The van der Waals surface area contributed by atoms with E-state index in [-0.39, 0.29) is 12.4 Å². The minimum absolute atomic E-state index is 0. The standard InChI is InChI=1S/C15H29N3O.ClH/c1-13-4-3-5-14(12-13)17(2)9-6-15(19)18-10-7-16-8-11-18;/h13-14,16H,3-12H2,1-2H3;1H. The summed E-state index contributed by atoms with van der Waals surface area (Å²) in [5.41, 5.74) is 0. The van der Waals surface area contributed by atoms with Crippen molar-refractivity contribution in [3.63, 3.8) is 0 Å². The van der Waals surface area contributed by atoms with Gasteiger partial charge in [-0.25, -0.2) is 0 Å². The molecule has 0 bridgehead atoms. The summed E-state index contributed by atoms with van der Waals surface area (Å²) in [6.07, 6.45) is 6.02. The number of nitrogens with one attached hydrogen (secondary N) is 1. The molecule has 1 aliphatic heterocycles. The molecule has 20 heavy (non-hydrogen) atoms. The third-order valence-electron chi connectivity index (χ3n) is 4.68. The first-order valence-corrected chi connectivity index (χ1v) is 7.85. The number of amides is 1. The molecule has 2 fully saturated rings. The van der Waals surface area contributed by atoms with Gasteiger partial charge in [-0.3, -0.25) is 4.79 Å². The van der Waals surface area contributed by atoms with Crippen LogP contribution < -0.4 is 5.32 Å². The van der Waals surface area contributed by atoms with Crippen LogP contribution in [0.5, 0.6) is 0 Å². The second-order valence-corrected chi connectivity index (χ2v) is 6.29. The molecule has 1 amide bonds. The van der Waals surface area contributed by atoms with Crippen LogP contribution in [0, 0.1) is 5.92 Å². The molecular weight excluding hydrogens is 274 g/mol. The second kappa shape index (κ2) is 8.85. The minimum Gasteiger partial charge on any atom is -0.340 e. The fourth-order valence-corrected chi connectivity index (χ4v) is 3.33. The van der Waals surface area contributed by atoms with Gasteiger partial charge in [0.2, 0.25) is 5.91 Å². The number of hydrogen-bond acceptors (Lipinski definition) is 3. The summed E-state index contributed by atoms with van der Waals surface area (Å²) < 4.78 is 0. The lowest BCUT2D eigenvalue weighted by atomic mass is 9.86. The second-order valence-electron chi connectivity index (χ2n) is 6.29. The molecule has 4 nitrogen and oxygen atoms in total. The van der Waals surface area contributed by atoms with Gasteiger partial charge >= 0.3 is 0 Å². The van der Waals surface area contributed by atoms with Crippen LogP contribution in [0.4, 0.5) is 0 Å². The summed E-state index contributed by atoms with van der Waals surface area (Å²) in [6.45, 7) is 6.92. The Bertz CT molecular complexity index is 295. The summed E-state index contributed by atoms with van der Waals surface area (Å²) in [6, 6.07) is 0.694. The van der Waals surface area contributed by atoms with Crippen LogP contribution >= 0.6 is 12.4 Å². The van der Waals surface area contributed by atoms with Gasteiger partial charge in [0.15, 0.2) is 0 Å². The highest BCUT2D eigenvalue weighted by molar-refractivity contribution is 5.85. The van der Waals surface area contributed by atoms with Crippen LogP contribution in [0.2, 0.25) is 0 Å². The number of nitrogens with zero attached hydrogens (tertiary/aromatic N) is 2. The van der Waals surface area contributed by atoms with Crippen molar-refractivity contribution in [3.05, 3.63) is 0 Å². The predicted molar refractivity (Wildman–Crippen MR) is 85.4 cm³/mol. The van der Waals surface area contributed by atoms with Gasteiger partial charge in [-0.05, 0) is 25.8 Å². The Morgan fingerprint density at radius 2 is 2.00 bits per heavy atom. The molecule has 0 spiro atoms. The van der Waals surface area contributed by atoms with Crippen molar-refractivity contribution in [1.82, 2.24) is 15.1 Å². The minimum atomic E-state index is 0. The van der Waals surface area contributed by atoms with E-state index in [4.69, 9.17) is 0 Å². The topological polar surface area (TPSA) is 35.6 Å². The van der Waals surface area contributed by atoms with Crippen LogP contribution in [0.3, 0.4) is 0 Å². The van der Waals surface area contributed by atoms with Crippen molar-refractivity contribution in [3.8, 4) is 0 Å². The molecule has 1 saturated heterocycles. The van der Waals surface area contributed by atoms with E-state index in [1.54, 1.807) is 0 Å². The average Bonchev–Trinajstić information content (AvgIpc) is 2.45. The van der Waals surface area contributed by atoms with Crippen molar-refractivity contribution in [1.29, 1.82) is 0 Å². The largest absolute Gasteiger partial charge is 0.340 e. The average molecular weight is 304 g/mol. The maximum Gasteiger partial charge on any atom is 0.223 e. The van der Waals surface area contributed by atoms with E-state index in [0.29, 0.717) is 18.4 Å². The molecule has 2 aliphatic rings. The van der Waals surface area contributed by atoms with Gasteiger partial charge in [0, 0.05) is 45.2 Å². The first-order valence-electron chi connectivity index (χ1n) is 7.85. The highest BCUT2D eigenvalue weighted by Crippen LogP contribution is 2.26. The Labute approximate surface area is 129 Å². The van der Waals surface area contributed by atoms with E-state index >= 15 is 0 Å². The van der Waals surface area contributed by atoms with Gasteiger partial charge < -0.3 is 15.1 Å². The van der Waals surface area contributed by atoms with E-state index in [2.05, 4.69) is 24.2 Å². The fourth-order valence-electron chi connectivity index (χ4n) is 3.33. The third kappa shape index (κ3) is 5.23. The van der Waals surface area contributed by atoms with Gasteiger partial charge in [0.05, 0.1) is 0 Å². The smallest absolute Gasteiger partial charge is 0.223 e. The van der Waals surface area contributed by atoms with Crippen molar-refractivity contribution in [2.45, 2.75) is 45.1 Å². The van der Waals surface area contributed by atoms with Crippen LogP contribution in [-0.2, 0) is 4.79 Å². The van der Waals surface area contributed by atoms with Gasteiger partial charge in [0.25, 0.3) is 0 Å². The van der Waals surface area contributed by atoms with E-state index in [9.17, 15) is 4.79 Å². The van der Waals surface area contributed by atoms with Gasteiger partial charge in [-0.1, -0.05) is 19.8 Å². The van der Waals surface area contributed by atoms with Gasteiger partial charge in [0.1, 0.15) is 0 Å². The summed E-state index contributed by atoms with van der Waals surface area (Å²) >= 11 is 0. The summed E-state index contributed by atoms with van der Waals surface area (Å²) in [5, 5.41) is 3.29. The molecule has 1 N–H and O–H groups in total. The van der Waals surface area contributed by atoms with Crippen molar-refractivity contribution in [2.75, 3.05) is 39.8 Å². The molecule has 0 aromatic heterocycles. The normalized spacial score (nSPS) is 27.2. The zero-order chi connectivity index (χ0) is 13.7. The Kier molecular flexibility index (Phi) is 7.85. The van der Waals surface area contributed by atoms with Crippen molar-refractivity contribution in [2.24, 2.45) is 5.92 Å². The molecule has 0 aromatic rings. The zero-order valence-corrected chi connectivity index (χ0v) is 13.8. The Morgan fingerprint density at radius 3 is 2.65 bits per heavy atom. The number of hydrogen-bond donors (Lipinski definition) is 1. The van der Waals surface area contributed by atoms with Gasteiger partial charge in [-0.2, -0.15) is 0 Å². The summed E-state index contributed by atoms with van der Waals surface area (Å²) in [4.78, 5) is 16.5. The quantitative estimate of drug-likeness (QED) is 0.859. The maximum absolute atomic E-state index is 12.1. The lowest BCUT2D eigenvalue weighted by molar-refractivity contribution is -0.132. The molecule has 0 aromatic carbocycles. The Hall–Kier alpha value is -0.320. The highest BCUT2D eigenvalue weighted by Gasteiger charge is 2.23. The van der Waals surface area contributed by atoms with Crippen molar-refractivity contribution >= 4 is 18.3 Å². The summed E-state index contributed by atoms with van der Waals surface area (Å²) in [7, 11) is 2.19. The van der Waals surface area contributed by atoms with Crippen LogP contribution in [-0.4, -0.2) is 61.5 Å². The van der Waals surface area contributed by atoms with Crippen molar-refractivity contribution < 1.29 is 4.79 Å². The van der Waals surface area contributed by atoms with Crippen LogP contribution in [0.1, 0.15) is 39.0 Å². The predicted octanol–water partition coefficient (Wildman–Crippen LogP) is 1.74. The lowest BCUT2D eigenvalue weighted by Crippen LogP contribution is -2.47. The summed E-state index contributed by atoms with van der Waals surface area (Å²) in [5.74, 6) is 1.18. The zero-order valence-electron chi connectivity index (χ0n) is 12.9. The number of carbonyl (C=O) groups is 1. The van der Waals surface area contributed by atoms with Crippen LogP contribution in [0.25, 0.3) is 0 Å². The monoisotopic (exact) mass is 303 g/mol. The Balaban J connectivity index is 0.00000200. The molecule has 2 unspecified atom stereocenters. The van der Waals surface area contributed by atoms with E-state index in [0.717, 1.165) is 38.6 Å². The van der Waals surface area contributed by atoms with E-state index < -0.39 is 0 Å². The molecule has 118 valence electrons. The molecule has 2 rings (SSSR count). The molecule has 0 radical (unpaired) electrons. The molecular formula is C15H30ClN3O. The molecule has 1 saturated carbocycles. The molecule has 5 heteroatoms. The number of rotatable bonds is 4. The van der Waals surface area contributed by atoms with Gasteiger partial charge in [-0.15, -0.1) is 12.4 Å². The Morgan fingerprint density at radius 1 is 1.30 bits per heavy atom. The fraction of sp³-hybridized carbons (Fsp3) is 0.933. The molecule has 1 heterocycles. The number of halogens is 1. The SMILES string of the molecule is CC1CCCC(N(C)CCC(=O)N2CCNCC2)C1.Cl. The number of carbonyl (C=O) groups excluding carboxylic acids is 1. The highest BCUT2D eigenvalue weighted by atomic mass is 35.5. The van der Waals surface area contributed by atoms with E-state index in [1.807, 2.05) is 4.90 Å². The molecule has 2 atom stereocenters. The third-order valence-corrected chi connectivity index (χ3v) is 4.68. The maximum atomic E-state index is 12.1. The van der Waals surface area contributed by atoms with E-state index in [1.165, 1.54) is 25.7 Å². The lowest BCUT2D eigenvalue weighted by Gasteiger charge is -2.34. The number of piperazine rings is 1.